The molecular formula is C29H20Cl2N8. The van der Waals surface area contributed by atoms with Gasteiger partial charge in [0.2, 0.25) is 0 Å². The smallest absolute Gasteiger partial charge is 0.109 e. The molecule has 1 saturated carbocycles. The Balaban J connectivity index is 1.45. The average molecular weight is 551 g/mol. The topological polar surface area (TPSA) is 115 Å². The number of nitrogens with one attached hydrogen (secondary N) is 2. The van der Waals surface area contributed by atoms with Crippen LogP contribution in [0.25, 0.3) is 10.9 Å². The highest BCUT2D eigenvalue weighted by Gasteiger charge is 2.27. The molecule has 1 aliphatic rings. The van der Waals surface area contributed by atoms with Crippen molar-refractivity contribution in [3.63, 3.8) is 0 Å². The number of rotatable bonds is 7. The van der Waals surface area contributed by atoms with Gasteiger partial charge in [-0.05, 0) is 60.9 Å². The maximum absolute atomic E-state index is 9.84. The highest BCUT2D eigenvalue weighted by molar-refractivity contribution is 6.36. The molecule has 1 unspecified atom stereocenters. The Labute approximate surface area is 234 Å². The monoisotopic (exact) mass is 550 g/mol. The first-order valence-corrected chi connectivity index (χ1v) is 13.0. The molecule has 5 aromatic rings. The van der Waals surface area contributed by atoms with Crippen LogP contribution in [0.2, 0.25) is 10.0 Å². The van der Waals surface area contributed by atoms with Crippen LogP contribution in [0, 0.1) is 22.7 Å². The predicted molar refractivity (Wildman–Crippen MR) is 151 cm³/mol. The van der Waals surface area contributed by atoms with Crippen molar-refractivity contribution in [2.24, 2.45) is 0 Å². The average Bonchev–Trinajstić information content (AvgIpc) is 3.69. The molecule has 1 atom stereocenters. The highest BCUT2D eigenvalue weighted by Crippen LogP contribution is 2.38. The second-order valence-electron chi connectivity index (χ2n) is 9.32. The van der Waals surface area contributed by atoms with Gasteiger partial charge in [0.05, 0.1) is 51.7 Å². The summed E-state index contributed by atoms with van der Waals surface area (Å²) in [6.45, 7) is 0. The first kappa shape index (κ1) is 24.7. The fourth-order valence-corrected chi connectivity index (χ4v) is 4.95. The Bertz CT molecular complexity index is 1800. The molecule has 2 heterocycles. The minimum Gasteiger partial charge on any atom is -0.373 e. The lowest BCUT2D eigenvalue weighted by Crippen LogP contribution is -2.13. The normalized spacial score (nSPS) is 13.4. The quantitative estimate of drug-likeness (QED) is 0.221. The number of anilines is 3. The standard InChI is InChI=1S/C29H20Cl2N8/c30-20-5-2-6-21(10-20)35-27-19(14-33)15-34-29-24(27)11-22(12-25(29)31)36-28(18-4-1-3-17(9-18)13-32)26-16-39(38-37-26)23-7-8-23/h1-6,9-12,15-16,23,28,36H,7-8H2,(H,34,35). The van der Waals surface area contributed by atoms with Crippen LogP contribution in [0.4, 0.5) is 17.1 Å². The molecule has 2 aromatic heterocycles. The van der Waals surface area contributed by atoms with Crippen LogP contribution in [0.1, 0.15) is 47.3 Å². The van der Waals surface area contributed by atoms with Crippen molar-refractivity contribution in [1.29, 1.82) is 10.5 Å². The number of hydrogen-bond donors (Lipinski definition) is 2. The molecule has 8 nitrogen and oxygen atoms in total. The van der Waals surface area contributed by atoms with Crippen molar-refractivity contribution >= 4 is 51.2 Å². The van der Waals surface area contributed by atoms with Gasteiger partial charge in [-0.15, -0.1) is 5.10 Å². The molecule has 1 fully saturated rings. The molecule has 39 heavy (non-hydrogen) atoms. The van der Waals surface area contributed by atoms with E-state index in [9.17, 15) is 10.5 Å². The summed E-state index contributed by atoms with van der Waals surface area (Å²) in [6, 6.07) is 22.7. The fraction of sp³-hybridized carbons (Fsp3) is 0.138. The molecule has 0 radical (unpaired) electrons. The molecule has 0 aliphatic heterocycles. The zero-order chi connectivity index (χ0) is 26.9. The van der Waals surface area contributed by atoms with E-state index in [1.54, 1.807) is 24.3 Å². The second kappa shape index (κ2) is 10.3. The Morgan fingerprint density at radius 1 is 0.974 bits per heavy atom. The number of nitriles is 2. The number of pyridine rings is 1. The first-order chi connectivity index (χ1) is 19.0. The van der Waals surface area contributed by atoms with Crippen LogP contribution in [0.3, 0.4) is 0 Å². The molecule has 190 valence electrons. The molecule has 1 aliphatic carbocycles. The molecular weight excluding hydrogens is 531 g/mol. The van der Waals surface area contributed by atoms with E-state index in [0.717, 1.165) is 29.8 Å². The van der Waals surface area contributed by atoms with Gasteiger partial charge in [-0.1, -0.05) is 46.6 Å². The molecule has 0 spiro atoms. The summed E-state index contributed by atoms with van der Waals surface area (Å²) in [6.07, 6.45) is 5.61. The van der Waals surface area contributed by atoms with Crippen LogP contribution in [-0.4, -0.2) is 20.0 Å². The van der Waals surface area contributed by atoms with Crippen molar-refractivity contribution in [3.8, 4) is 12.1 Å². The van der Waals surface area contributed by atoms with E-state index < -0.39 is 6.04 Å². The van der Waals surface area contributed by atoms with Crippen LogP contribution in [-0.2, 0) is 0 Å². The number of benzene rings is 3. The van der Waals surface area contributed by atoms with Crippen molar-refractivity contribution in [1.82, 2.24) is 20.0 Å². The lowest BCUT2D eigenvalue weighted by Gasteiger charge is -2.20. The summed E-state index contributed by atoms with van der Waals surface area (Å²) in [4.78, 5) is 4.45. The summed E-state index contributed by atoms with van der Waals surface area (Å²) in [7, 11) is 0. The summed E-state index contributed by atoms with van der Waals surface area (Å²) in [5.74, 6) is 0. The lowest BCUT2D eigenvalue weighted by atomic mass is 10.0. The maximum atomic E-state index is 9.84. The number of halogens is 2. The molecule has 2 N–H and O–H groups in total. The molecule has 0 bridgehead atoms. The van der Waals surface area contributed by atoms with Crippen molar-refractivity contribution < 1.29 is 0 Å². The van der Waals surface area contributed by atoms with Crippen LogP contribution in [0.15, 0.2) is 73.1 Å². The lowest BCUT2D eigenvalue weighted by molar-refractivity contribution is 0.610. The number of nitrogens with zero attached hydrogens (tertiary/aromatic N) is 6. The van der Waals surface area contributed by atoms with Gasteiger partial charge in [0, 0.05) is 28.0 Å². The molecule has 6 rings (SSSR count). The van der Waals surface area contributed by atoms with Gasteiger partial charge in [0.15, 0.2) is 0 Å². The zero-order valence-electron chi connectivity index (χ0n) is 20.4. The number of fused-ring (bicyclic) bond motifs is 1. The van der Waals surface area contributed by atoms with Gasteiger partial charge in [-0.3, -0.25) is 4.98 Å². The Morgan fingerprint density at radius 2 is 1.82 bits per heavy atom. The van der Waals surface area contributed by atoms with Crippen LogP contribution in [0.5, 0.6) is 0 Å². The fourth-order valence-electron chi connectivity index (χ4n) is 4.50. The Morgan fingerprint density at radius 3 is 2.59 bits per heavy atom. The van der Waals surface area contributed by atoms with E-state index in [1.165, 1.54) is 6.20 Å². The third kappa shape index (κ3) is 5.08. The SMILES string of the molecule is N#Cc1cccc(C(Nc2cc(Cl)c3ncc(C#N)c(Nc4cccc(Cl)c4)c3c2)c2cn(C3CC3)nn2)c1. The summed E-state index contributed by atoms with van der Waals surface area (Å²) in [5, 5.41) is 36.6. The molecule has 3 aromatic carbocycles. The second-order valence-corrected chi connectivity index (χ2v) is 10.2. The first-order valence-electron chi connectivity index (χ1n) is 12.3. The number of hydrogen-bond acceptors (Lipinski definition) is 7. The number of aromatic nitrogens is 4. The van der Waals surface area contributed by atoms with Gasteiger partial charge in [-0.25, -0.2) is 4.68 Å². The van der Waals surface area contributed by atoms with Gasteiger partial charge in [0.1, 0.15) is 11.8 Å². The predicted octanol–water partition coefficient (Wildman–Crippen LogP) is 7.16. The van der Waals surface area contributed by atoms with E-state index in [-0.39, 0.29) is 0 Å². The minimum absolute atomic E-state index is 0.362. The molecule has 10 heteroatoms. The highest BCUT2D eigenvalue weighted by atomic mass is 35.5. The summed E-state index contributed by atoms with van der Waals surface area (Å²) >= 11 is 12.9. The van der Waals surface area contributed by atoms with Crippen molar-refractivity contribution in [2.75, 3.05) is 10.6 Å². The van der Waals surface area contributed by atoms with Crippen molar-refractivity contribution in [3.05, 3.63) is 105 Å². The van der Waals surface area contributed by atoms with E-state index in [4.69, 9.17) is 23.2 Å². The third-order valence-corrected chi connectivity index (χ3v) is 7.07. The van der Waals surface area contributed by atoms with Gasteiger partial charge in [-0.2, -0.15) is 10.5 Å². The van der Waals surface area contributed by atoms with Crippen LogP contribution < -0.4 is 10.6 Å². The molecule has 0 amide bonds. The van der Waals surface area contributed by atoms with Gasteiger partial charge < -0.3 is 10.6 Å². The van der Waals surface area contributed by atoms with Gasteiger partial charge in [0.25, 0.3) is 0 Å². The van der Waals surface area contributed by atoms with E-state index >= 15 is 0 Å². The Kier molecular flexibility index (Phi) is 6.50. The van der Waals surface area contributed by atoms with Gasteiger partial charge >= 0.3 is 0 Å². The molecule has 0 saturated heterocycles. The summed E-state index contributed by atoms with van der Waals surface area (Å²) in [5.41, 5.74) is 5.01. The maximum Gasteiger partial charge on any atom is 0.109 e. The van der Waals surface area contributed by atoms with Crippen LogP contribution >= 0.6 is 23.2 Å². The third-order valence-electron chi connectivity index (χ3n) is 6.54. The summed E-state index contributed by atoms with van der Waals surface area (Å²) < 4.78 is 1.89. The van der Waals surface area contributed by atoms with E-state index in [2.05, 4.69) is 38.1 Å². The van der Waals surface area contributed by atoms with E-state index in [0.29, 0.717) is 49.5 Å². The zero-order valence-corrected chi connectivity index (χ0v) is 21.9. The largest absolute Gasteiger partial charge is 0.373 e. The minimum atomic E-state index is -0.407. The Hall–Kier alpha value is -4.63. The van der Waals surface area contributed by atoms with E-state index in [1.807, 2.05) is 47.3 Å². The van der Waals surface area contributed by atoms with Crippen molar-refractivity contribution in [2.45, 2.75) is 24.9 Å².